The van der Waals surface area contributed by atoms with Crippen molar-refractivity contribution in [2.45, 2.75) is 32.8 Å². The van der Waals surface area contributed by atoms with Crippen LogP contribution >= 0.6 is 12.4 Å². The summed E-state index contributed by atoms with van der Waals surface area (Å²) in [7, 11) is 0. The minimum absolute atomic E-state index is 0. The van der Waals surface area contributed by atoms with Crippen molar-refractivity contribution in [3.8, 4) is 5.75 Å². The lowest BCUT2D eigenvalue weighted by Crippen LogP contribution is -2.15. The molecule has 0 bridgehead atoms. The normalized spacial score (nSPS) is 10.0. The van der Waals surface area contributed by atoms with Gasteiger partial charge in [0.25, 0.3) is 0 Å². The summed E-state index contributed by atoms with van der Waals surface area (Å²) in [5.74, 6) is 0.633. The quantitative estimate of drug-likeness (QED) is 0.783. The monoisotopic (exact) mass is 334 g/mol. The van der Waals surface area contributed by atoms with Gasteiger partial charge in [-0.15, -0.1) is 12.4 Å². The van der Waals surface area contributed by atoms with Crippen LogP contribution in [0, 0.1) is 0 Å². The third kappa shape index (κ3) is 5.83. The average molecular weight is 335 g/mol. The highest BCUT2D eigenvalue weighted by atomic mass is 35.5. The van der Waals surface area contributed by atoms with Gasteiger partial charge in [0, 0.05) is 12.1 Å². The first kappa shape index (κ1) is 18.8. The molecule has 2 aromatic rings. The summed E-state index contributed by atoms with van der Waals surface area (Å²) < 4.78 is 5.69. The van der Waals surface area contributed by atoms with E-state index >= 15 is 0 Å². The molecule has 1 amide bonds. The van der Waals surface area contributed by atoms with Gasteiger partial charge in [0.1, 0.15) is 5.75 Å². The summed E-state index contributed by atoms with van der Waals surface area (Å²) >= 11 is 0. The van der Waals surface area contributed by atoms with Crippen molar-refractivity contribution in [1.82, 2.24) is 0 Å². The van der Waals surface area contributed by atoms with E-state index in [0.717, 1.165) is 11.3 Å². The molecule has 0 heterocycles. The van der Waals surface area contributed by atoms with Gasteiger partial charge in [0.2, 0.25) is 5.91 Å². The van der Waals surface area contributed by atoms with Crippen LogP contribution in [0.2, 0.25) is 0 Å². The van der Waals surface area contributed by atoms with Crippen molar-refractivity contribution in [3.05, 3.63) is 54.1 Å². The zero-order chi connectivity index (χ0) is 15.9. The van der Waals surface area contributed by atoms with E-state index in [1.54, 1.807) is 0 Å². The van der Waals surface area contributed by atoms with Crippen LogP contribution in [-0.2, 0) is 11.2 Å². The van der Waals surface area contributed by atoms with Gasteiger partial charge in [-0.3, -0.25) is 4.79 Å². The summed E-state index contributed by atoms with van der Waals surface area (Å²) in [6, 6.07) is 15.1. The van der Waals surface area contributed by atoms with Crippen LogP contribution in [0.15, 0.2) is 48.5 Å². The molecular formula is C18H23ClN2O2. The van der Waals surface area contributed by atoms with Crippen molar-refractivity contribution in [3.63, 3.8) is 0 Å². The number of nitrogens with one attached hydrogen (secondary N) is 1. The number of ether oxygens (including phenoxy) is 1. The topological polar surface area (TPSA) is 64.3 Å². The minimum Gasteiger partial charge on any atom is -0.489 e. The Kier molecular flexibility index (Phi) is 7.42. The fourth-order valence-corrected chi connectivity index (χ4v) is 2.15. The van der Waals surface area contributed by atoms with Gasteiger partial charge >= 0.3 is 0 Å². The summed E-state index contributed by atoms with van der Waals surface area (Å²) in [5, 5.41) is 2.90. The highest BCUT2D eigenvalue weighted by molar-refractivity contribution is 5.92. The summed E-state index contributed by atoms with van der Waals surface area (Å²) in [6.45, 7) is 3.91. The number of para-hydroxylation sites is 3. The highest BCUT2D eigenvalue weighted by Gasteiger charge is 2.09. The van der Waals surface area contributed by atoms with Gasteiger partial charge in [0.05, 0.1) is 11.8 Å². The number of hydrogen-bond acceptors (Lipinski definition) is 3. The molecule has 2 rings (SSSR count). The Balaban J connectivity index is 0.00000264. The number of carbonyl (C=O) groups excluding carboxylic acids is 1. The number of benzene rings is 2. The first-order chi connectivity index (χ1) is 10.6. The second-order valence-corrected chi connectivity index (χ2v) is 5.41. The first-order valence-electron chi connectivity index (χ1n) is 7.45. The predicted molar refractivity (Wildman–Crippen MR) is 97.3 cm³/mol. The minimum atomic E-state index is -0.0527. The highest BCUT2D eigenvalue weighted by Crippen LogP contribution is 2.25. The SMILES string of the molecule is CC(C)Oc1ccccc1NC(=O)CCc1ccccc1N.Cl. The van der Waals surface area contributed by atoms with Gasteiger partial charge in [-0.2, -0.15) is 0 Å². The second kappa shape index (κ2) is 9.06. The average Bonchev–Trinajstić information content (AvgIpc) is 2.48. The maximum atomic E-state index is 12.1. The molecule has 23 heavy (non-hydrogen) atoms. The molecule has 0 aromatic heterocycles. The predicted octanol–water partition coefficient (Wildman–Crippen LogP) is 4.05. The van der Waals surface area contributed by atoms with Crippen molar-refractivity contribution in [1.29, 1.82) is 0 Å². The van der Waals surface area contributed by atoms with Crippen molar-refractivity contribution >= 4 is 29.7 Å². The fraction of sp³-hybridized carbons (Fsp3) is 0.278. The standard InChI is InChI=1S/C18H22N2O2.ClH/c1-13(2)22-17-10-6-5-9-16(17)20-18(21)12-11-14-7-3-4-8-15(14)19;/h3-10,13H,11-12,19H2,1-2H3,(H,20,21);1H. The Labute approximate surface area is 143 Å². The molecule has 0 fully saturated rings. The van der Waals surface area contributed by atoms with Crippen molar-refractivity contribution in [2.75, 3.05) is 11.1 Å². The van der Waals surface area contributed by atoms with Crippen LogP contribution in [0.5, 0.6) is 5.75 Å². The third-order valence-corrected chi connectivity index (χ3v) is 3.20. The van der Waals surface area contributed by atoms with Crippen molar-refractivity contribution in [2.24, 2.45) is 0 Å². The number of carbonyl (C=O) groups is 1. The second-order valence-electron chi connectivity index (χ2n) is 5.41. The molecule has 0 aliphatic rings. The molecule has 3 N–H and O–H groups in total. The van der Waals surface area contributed by atoms with Crippen molar-refractivity contribution < 1.29 is 9.53 Å². The molecule has 0 spiro atoms. The van der Waals surface area contributed by atoms with E-state index in [2.05, 4.69) is 5.32 Å². The molecule has 0 unspecified atom stereocenters. The molecule has 0 saturated heterocycles. The Morgan fingerprint density at radius 1 is 1.13 bits per heavy atom. The maximum absolute atomic E-state index is 12.1. The number of amides is 1. The summed E-state index contributed by atoms with van der Waals surface area (Å²) in [6.07, 6.45) is 1.05. The maximum Gasteiger partial charge on any atom is 0.224 e. The van der Waals surface area contributed by atoms with Crippen LogP contribution in [0.25, 0.3) is 0 Å². The lowest BCUT2D eigenvalue weighted by atomic mass is 10.1. The van der Waals surface area contributed by atoms with Crippen LogP contribution in [0.3, 0.4) is 0 Å². The van der Waals surface area contributed by atoms with Gasteiger partial charge in [0.15, 0.2) is 0 Å². The molecule has 2 aromatic carbocycles. The van der Waals surface area contributed by atoms with E-state index in [1.807, 2.05) is 62.4 Å². The molecule has 0 atom stereocenters. The lowest BCUT2D eigenvalue weighted by Gasteiger charge is -2.14. The number of nitrogen functional groups attached to an aromatic ring is 1. The number of aryl methyl sites for hydroxylation is 1. The van der Waals surface area contributed by atoms with E-state index in [1.165, 1.54) is 0 Å². The van der Waals surface area contributed by atoms with E-state index in [4.69, 9.17) is 10.5 Å². The molecular weight excluding hydrogens is 312 g/mol. The Bertz CT molecular complexity index is 644. The Hall–Kier alpha value is -2.20. The van der Waals surface area contributed by atoms with Crippen LogP contribution < -0.4 is 15.8 Å². The number of anilines is 2. The Morgan fingerprint density at radius 2 is 1.78 bits per heavy atom. The number of halogens is 1. The number of rotatable bonds is 6. The summed E-state index contributed by atoms with van der Waals surface area (Å²) in [5.41, 5.74) is 8.29. The zero-order valence-corrected chi connectivity index (χ0v) is 14.2. The molecule has 0 radical (unpaired) electrons. The van der Waals surface area contributed by atoms with E-state index in [9.17, 15) is 4.79 Å². The smallest absolute Gasteiger partial charge is 0.224 e. The largest absolute Gasteiger partial charge is 0.489 e. The molecule has 124 valence electrons. The number of nitrogens with two attached hydrogens (primary N) is 1. The van der Waals surface area contributed by atoms with Gasteiger partial charge in [-0.25, -0.2) is 0 Å². The Morgan fingerprint density at radius 3 is 2.48 bits per heavy atom. The van der Waals surface area contributed by atoms with Gasteiger partial charge in [-0.1, -0.05) is 30.3 Å². The molecule has 4 nitrogen and oxygen atoms in total. The van der Waals surface area contributed by atoms with Crippen LogP contribution in [0.1, 0.15) is 25.8 Å². The molecule has 5 heteroatoms. The van der Waals surface area contributed by atoms with E-state index in [-0.39, 0.29) is 24.4 Å². The van der Waals surface area contributed by atoms with Crippen LogP contribution in [0.4, 0.5) is 11.4 Å². The van der Waals surface area contributed by atoms with Gasteiger partial charge < -0.3 is 15.8 Å². The number of hydrogen-bond donors (Lipinski definition) is 2. The lowest BCUT2D eigenvalue weighted by molar-refractivity contribution is -0.116. The zero-order valence-electron chi connectivity index (χ0n) is 13.4. The molecule has 0 saturated carbocycles. The first-order valence-corrected chi connectivity index (χ1v) is 7.45. The van der Waals surface area contributed by atoms with Gasteiger partial charge in [-0.05, 0) is 44.0 Å². The fourth-order valence-electron chi connectivity index (χ4n) is 2.15. The van der Waals surface area contributed by atoms with E-state index in [0.29, 0.717) is 24.3 Å². The van der Waals surface area contributed by atoms with Crippen LogP contribution in [-0.4, -0.2) is 12.0 Å². The van der Waals surface area contributed by atoms with E-state index < -0.39 is 0 Å². The molecule has 0 aliphatic carbocycles. The third-order valence-electron chi connectivity index (χ3n) is 3.20. The molecule has 0 aliphatic heterocycles. The summed E-state index contributed by atoms with van der Waals surface area (Å²) in [4.78, 5) is 12.1.